The smallest absolute Gasteiger partial charge is 0.341 e. The third kappa shape index (κ3) is 2.24. The van der Waals surface area contributed by atoms with Gasteiger partial charge in [0.15, 0.2) is 0 Å². The van der Waals surface area contributed by atoms with Gasteiger partial charge in [0.05, 0.1) is 29.4 Å². The number of esters is 1. The Bertz CT molecular complexity index is 728. The fraction of sp³-hybridized carbons (Fsp3) is 0.214. The molecule has 114 valence electrons. The second-order valence-corrected chi connectivity index (χ2v) is 5.14. The molecule has 0 radical (unpaired) electrons. The zero-order valence-electron chi connectivity index (χ0n) is 11.3. The summed E-state index contributed by atoms with van der Waals surface area (Å²) >= 11 is 6.09. The van der Waals surface area contributed by atoms with E-state index in [0.717, 1.165) is 11.0 Å². The van der Waals surface area contributed by atoms with Crippen LogP contribution in [0.3, 0.4) is 0 Å². The second-order valence-electron chi connectivity index (χ2n) is 4.73. The van der Waals surface area contributed by atoms with Crippen molar-refractivity contribution in [2.75, 3.05) is 18.5 Å². The minimum absolute atomic E-state index is 0.00606. The zero-order chi connectivity index (χ0) is 15.9. The number of hydrogen-bond acceptors (Lipinski definition) is 6. The van der Waals surface area contributed by atoms with Gasteiger partial charge in [-0.05, 0) is 6.07 Å². The molecule has 2 aliphatic rings. The standard InChI is InChI=1S/C14H11ClN2O5/c15-8-2-1-7-6-22-14(21)11(7)12(8)16-9-5-10(19)17(3-4-18)13(9)20/h1-2,5,16,18H,3-4,6H2. The molecule has 2 heterocycles. The molecule has 0 spiro atoms. The molecule has 2 amide bonds. The summed E-state index contributed by atoms with van der Waals surface area (Å²) in [6.45, 7) is -0.281. The number of fused-ring (bicyclic) bond motifs is 1. The van der Waals surface area contributed by atoms with Gasteiger partial charge in [0, 0.05) is 11.6 Å². The molecule has 0 unspecified atom stereocenters. The van der Waals surface area contributed by atoms with Crippen molar-refractivity contribution in [2.45, 2.75) is 6.61 Å². The molecular formula is C14H11ClN2O5. The normalized spacial score (nSPS) is 16.7. The van der Waals surface area contributed by atoms with Gasteiger partial charge in [0.1, 0.15) is 12.3 Å². The van der Waals surface area contributed by atoms with E-state index in [1.807, 2.05) is 0 Å². The van der Waals surface area contributed by atoms with E-state index < -0.39 is 17.8 Å². The molecule has 0 aliphatic carbocycles. The van der Waals surface area contributed by atoms with Crippen molar-refractivity contribution in [3.63, 3.8) is 0 Å². The Morgan fingerprint density at radius 2 is 2.09 bits per heavy atom. The molecule has 0 atom stereocenters. The first-order valence-corrected chi connectivity index (χ1v) is 6.84. The predicted molar refractivity (Wildman–Crippen MR) is 76.1 cm³/mol. The van der Waals surface area contributed by atoms with E-state index >= 15 is 0 Å². The van der Waals surface area contributed by atoms with E-state index in [9.17, 15) is 14.4 Å². The number of ether oxygens (including phenoxy) is 1. The van der Waals surface area contributed by atoms with E-state index in [2.05, 4.69) is 5.32 Å². The van der Waals surface area contributed by atoms with Crippen LogP contribution in [0, 0.1) is 0 Å². The van der Waals surface area contributed by atoms with Crippen molar-refractivity contribution in [1.82, 2.24) is 4.90 Å². The average molecular weight is 323 g/mol. The topological polar surface area (TPSA) is 95.9 Å². The highest BCUT2D eigenvalue weighted by atomic mass is 35.5. The van der Waals surface area contributed by atoms with Crippen LogP contribution in [-0.2, 0) is 20.9 Å². The number of hydrogen-bond donors (Lipinski definition) is 2. The molecule has 2 aliphatic heterocycles. The lowest BCUT2D eigenvalue weighted by molar-refractivity contribution is -0.137. The number of rotatable bonds is 4. The number of carbonyl (C=O) groups excluding carboxylic acids is 3. The predicted octanol–water partition coefficient (Wildman–Crippen LogP) is 0.667. The number of halogens is 1. The fourth-order valence-electron chi connectivity index (χ4n) is 2.36. The van der Waals surface area contributed by atoms with Crippen molar-refractivity contribution >= 4 is 35.1 Å². The lowest BCUT2D eigenvalue weighted by Gasteiger charge is -2.15. The maximum atomic E-state index is 12.1. The molecule has 1 aromatic carbocycles. The number of aliphatic hydroxyl groups is 1. The third-order valence-corrected chi connectivity index (χ3v) is 3.71. The molecule has 0 aromatic heterocycles. The first-order chi connectivity index (χ1) is 10.5. The van der Waals surface area contributed by atoms with Gasteiger partial charge in [0.2, 0.25) is 0 Å². The van der Waals surface area contributed by atoms with Crippen LogP contribution < -0.4 is 5.32 Å². The van der Waals surface area contributed by atoms with Crippen LogP contribution in [0.25, 0.3) is 0 Å². The van der Waals surface area contributed by atoms with Crippen LogP contribution in [0.5, 0.6) is 0 Å². The maximum Gasteiger partial charge on any atom is 0.341 e. The second kappa shape index (κ2) is 5.43. The quantitative estimate of drug-likeness (QED) is 0.625. The minimum Gasteiger partial charge on any atom is -0.457 e. The van der Waals surface area contributed by atoms with Gasteiger partial charge in [-0.15, -0.1) is 0 Å². The molecule has 7 nitrogen and oxygen atoms in total. The van der Waals surface area contributed by atoms with Gasteiger partial charge in [-0.25, -0.2) is 4.79 Å². The summed E-state index contributed by atoms with van der Waals surface area (Å²) in [5, 5.41) is 11.9. The van der Waals surface area contributed by atoms with Crippen molar-refractivity contribution < 1.29 is 24.2 Å². The number of amides is 2. The summed E-state index contributed by atoms with van der Waals surface area (Å²) in [7, 11) is 0. The largest absolute Gasteiger partial charge is 0.457 e. The Labute approximate surface area is 130 Å². The van der Waals surface area contributed by atoms with Crippen LogP contribution in [0.4, 0.5) is 5.69 Å². The Balaban J connectivity index is 1.94. The maximum absolute atomic E-state index is 12.1. The van der Waals surface area contributed by atoms with Crippen LogP contribution in [0.1, 0.15) is 15.9 Å². The monoisotopic (exact) mass is 322 g/mol. The number of aliphatic hydroxyl groups excluding tert-OH is 1. The number of β-amino-alcohol motifs (C(OH)–C–C–N with tert-alkyl or cyclic N) is 1. The minimum atomic E-state index is -0.584. The molecule has 2 N–H and O–H groups in total. The Kier molecular flexibility index (Phi) is 3.59. The van der Waals surface area contributed by atoms with Crippen LogP contribution in [0.2, 0.25) is 5.02 Å². The molecule has 0 fully saturated rings. The highest BCUT2D eigenvalue weighted by Crippen LogP contribution is 2.35. The number of nitrogens with zero attached hydrogens (tertiary/aromatic N) is 1. The highest BCUT2D eigenvalue weighted by molar-refractivity contribution is 6.34. The summed E-state index contributed by atoms with van der Waals surface area (Å²) < 4.78 is 4.94. The first kappa shape index (κ1) is 14.6. The molecule has 0 saturated heterocycles. The van der Waals surface area contributed by atoms with E-state index in [-0.39, 0.29) is 41.7 Å². The van der Waals surface area contributed by atoms with Crippen LogP contribution >= 0.6 is 11.6 Å². The molecule has 0 saturated carbocycles. The van der Waals surface area contributed by atoms with Gasteiger partial charge >= 0.3 is 5.97 Å². The number of anilines is 1. The lowest BCUT2D eigenvalue weighted by atomic mass is 10.1. The summed E-state index contributed by atoms with van der Waals surface area (Å²) in [4.78, 5) is 36.5. The zero-order valence-corrected chi connectivity index (χ0v) is 12.0. The van der Waals surface area contributed by atoms with E-state index in [0.29, 0.717) is 5.56 Å². The summed E-state index contributed by atoms with van der Waals surface area (Å²) in [5.41, 5.74) is 1.14. The van der Waals surface area contributed by atoms with Crippen LogP contribution in [-0.4, -0.2) is 40.9 Å². The average Bonchev–Trinajstić information content (AvgIpc) is 2.98. The number of cyclic esters (lactones) is 1. The number of imide groups is 1. The van der Waals surface area contributed by atoms with Crippen molar-refractivity contribution in [3.05, 3.63) is 40.1 Å². The summed E-state index contributed by atoms with van der Waals surface area (Å²) in [6.07, 6.45) is 1.11. The molecule has 22 heavy (non-hydrogen) atoms. The lowest BCUT2D eigenvalue weighted by Crippen LogP contribution is -2.34. The van der Waals surface area contributed by atoms with Gasteiger partial charge in [0.25, 0.3) is 11.8 Å². The number of benzene rings is 1. The molecule has 1 aromatic rings. The molecular weight excluding hydrogens is 312 g/mol. The summed E-state index contributed by atoms with van der Waals surface area (Å²) in [5.74, 6) is -1.66. The van der Waals surface area contributed by atoms with E-state index in [1.54, 1.807) is 12.1 Å². The van der Waals surface area contributed by atoms with Crippen LogP contribution in [0.15, 0.2) is 23.9 Å². The molecule has 0 bridgehead atoms. The number of nitrogens with one attached hydrogen (secondary N) is 1. The van der Waals surface area contributed by atoms with Crippen molar-refractivity contribution in [3.8, 4) is 0 Å². The van der Waals surface area contributed by atoms with E-state index in [4.69, 9.17) is 21.4 Å². The van der Waals surface area contributed by atoms with Crippen molar-refractivity contribution in [1.29, 1.82) is 0 Å². The SMILES string of the molecule is O=C1OCc2ccc(Cl)c(NC3=CC(=O)N(CCO)C3=O)c21. The Morgan fingerprint density at radius 3 is 2.82 bits per heavy atom. The van der Waals surface area contributed by atoms with Gasteiger partial charge in [-0.2, -0.15) is 0 Å². The van der Waals surface area contributed by atoms with Gasteiger partial charge < -0.3 is 15.2 Å². The molecule has 3 rings (SSSR count). The Hall–Kier alpha value is -2.38. The summed E-state index contributed by atoms with van der Waals surface area (Å²) in [6, 6.07) is 3.25. The van der Waals surface area contributed by atoms with E-state index in [1.165, 1.54) is 0 Å². The Morgan fingerprint density at radius 1 is 1.32 bits per heavy atom. The van der Waals surface area contributed by atoms with Gasteiger partial charge in [-0.1, -0.05) is 17.7 Å². The first-order valence-electron chi connectivity index (χ1n) is 6.47. The highest BCUT2D eigenvalue weighted by Gasteiger charge is 2.33. The number of carbonyl (C=O) groups is 3. The fourth-order valence-corrected chi connectivity index (χ4v) is 2.56. The third-order valence-electron chi connectivity index (χ3n) is 3.40. The van der Waals surface area contributed by atoms with Gasteiger partial charge in [-0.3, -0.25) is 14.5 Å². The van der Waals surface area contributed by atoms with Crippen molar-refractivity contribution in [2.24, 2.45) is 0 Å². The molecule has 8 heteroatoms.